The first-order chi connectivity index (χ1) is 12.2. The van der Waals surface area contributed by atoms with Crippen molar-refractivity contribution in [3.05, 3.63) is 83.7 Å². The molecule has 0 unspecified atom stereocenters. The molecule has 0 atom stereocenters. The summed E-state index contributed by atoms with van der Waals surface area (Å²) in [6.45, 7) is 2.09. The summed E-state index contributed by atoms with van der Waals surface area (Å²) >= 11 is 1.70. The quantitative estimate of drug-likeness (QED) is 0.408. The van der Waals surface area contributed by atoms with E-state index >= 15 is 0 Å². The third-order valence-corrected chi connectivity index (χ3v) is 4.96. The number of aromatic nitrogens is 1. The van der Waals surface area contributed by atoms with E-state index < -0.39 is 0 Å². The first-order valence-electron chi connectivity index (χ1n) is 7.95. The third kappa shape index (κ3) is 3.49. The Labute approximate surface area is 149 Å². The van der Waals surface area contributed by atoms with Crippen molar-refractivity contribution in [2.24, 2.45) is 4.99 Å². The summed E-state index contributed by atoms with van der Waals surface area (Å²) in [6, 6.07) is 20.6. The van der Waals surface area contributed by atoms with Gasteiger partial charge in [-0.25, -0.2) is 9.37 Å². The average molecular weight is 346 g/mol. The molecule has 0 N–H and O–H groups in total. The molecule has 122 valence electrons. The van der Waals surface area contributed by atoms with E-state index in [1.165, 1.54) is 22.4 Å². The van der Waals surface area contributed by atoms with Crippen molar-refractivity contribution in [2.75, 3.05) is 0 Å². The van der Waals surface area contributed by atoms with Crippen molar-refractivity contribution in [1.82, 2.24) is 4.98 Å². The molecule has 4 rings (SSSR count). The standard InChI is InChI=1S/C21H15FN2S/c1-14-2-11-19-20(12-14)25-21(24-19)16-5-9-18(10-6-16)23-13-15-3-7-17(22)8-4-15/h2-13H,1H3. The first kappa shape index (κ1) is 15.7. The van der Waals surface area contributed by atoms with E-state index in [0.29, 0.717) is 0 Å². The van der Waals surface area contributed by atoms with Gasteiger partial charge in [-0.2, -0.15) is 0 Å². The molecule has 0 amide bonds. The molecule has 4 aromatic rings. The van der Waals surface area contributed by atoms with Crippen LogP contribution in [-0.2, 0) is 0 Å². The summed E-state index contributed by atoms with van der Waals surface area (Å²) in [5.74, 6) is -0.243. The minimum atomic E-state index is -0.243. The molecule has 0 radical (unpaired) electrons. The molecule has 0 saturated heterocycles. The fourth-order valence-electron chi connectivity index (χ4n) is 2.54. The molecule has 2 nitrogen and oxygen atoms in total. The highest BCUT2D eigenvalue weighted by Crippen LogP contribution is 2.31. The molecule has 0 aliphatic rings. The van der Waals surface area contributed by atoms with Crippen LogP contribution >= 0.6 is 11.3 Å². The van der Waals surface area contributed by atoms with Crippen LogP contribution in [0.3, 0.4) is 0 Å². The Bertz CT molecular complexity index is 1050. The first-order valence-corrected chi connectivity index (χ1v) is 8.76. The van der Waals surface area contributed by atoms with Crippen LogP contribution < -0.4 is 0 Å². The maximum absolute atomic E-state index is 12.9. The van der Waals surface area contributed by atoms with Crippen LogP contribution in [-0.4, -0.2) is 11.2 Å². The number of hydrogen-bond donors (Lipinski definition) is 0. The zero-order valence-corrected chi connectivity index (χ0v) is 14.4. The second-order valence-corrected chi connectivity index (χ2v) is 6.88. The Hall–Kier alpha value is -2.85. The summed E-state index contributed by atoms with van der Waals surface area (Å²) < 4.78 is 14.1. The molecule has 1 heterocycles. The van der Waals surface area contributed by atoms with Crippen LogP contribution in [0.25, 0.3) is 20.8 Å². The van der Waals surface area contributed by atoms with Crippen LogP contribution in [0.2, 0.25) is 0 Å². The van der Waals surface area contributed by atoms with Gasteiger partial charge in [-0.3, -0.25) is 4.99 Å². The van der Waals surface area contributed by atoms with Gasteiger partial charge in [-0.15, -0.1) is 11.3 Å². The number of rotatable bonds is 3. The molecule has 25 heavy (non-hydrogen) atoms. The van der Waals surface area contributed by atoms with Crippen LogP contribution in [0, 0.1) is 12.7 Å². The van der Waals surface area contributed by atoms with Crippen molar-refractivity contribution in [2.45, 2.75) is 6.92 Å². The molecule has 0 spiro atoms. The van der Waals surface area contributed by atoms with E-state index in [2.05, 4.69) is 30.1 Å². The molecule has 0 aliphatic carbocycles. The van der Waals surface area contributed by atoms with Crippen molar-refractivity contribution >= 4 is 33.5 Å². The summed E-state index contributed by atoms with van der Waals surface area (Å²) in [5.41, 5.74) is 5.08. The molecule has 4 heteroatoms. The number of aliphatic imine (C=N–C) groups is 1. The van der Waals surface area contributed by atoms with Crippen LogP contribution in [0.4, 0.5) is 10.1 Å². The monoisotopic (exact) mass is 346 g/mol. The Balaban J connectivity index is 1.57. The number of nitrogens with zero attached hydrogens (tertiary/aromatic N) is 2. The van der Waals surface area contributed by atoms with Gasteiger partial charge in [0.1, 0.15) is 10.8 Å². The lowest BCUT2D eigenvalue weighted by atomic mass is 10.2. The SMILES string of the molecule is Cc1ccc2nc(-c3ccc(N=Cc4ccc(F)cc4)cc3)sc2c1. The van der Waals surface area contributed by atoms with Gasteiger partial charge in [-0.05, 0) is 66.6 Å². The van der Waals surface area contributed by atoms with Crippen molar-refractivity contribution in [3.63, 3.8) is 0 Å². The fourth-order valence-corrected chi connectivity index (χ4v) is 3.61. The van der Waals surface area contributed by atoms with Gasteiger partial charge in [0.15, 0.2) is 0 Å². The Kier molecular flexibility index (Phi) is 4.12. The van der Waals surface area contributed by atoms with Gasteiger partial charge in [0.2, 0.25) is 0 Å². The average Bonchev–Trinajstić information content (AvgIpc) is 3.05. The van der Waals surface area contributed by atoms with E-state index in [1.54, 1.807) is 29.7 Å². The van der Waals surface area contributed by atoms with E-state index in [9.17, 15) is 4.39 Å². The lowest BCUT2D eigenvalue weighted by Crippen LogP contribution is -1.81. The number of thiazole rings is 1. The minimum Gasteiger partial charge on any atom is -0.256 e. The maximum atomic E-state index is 12.9. The van der Waals surface area contributed by atoms with E-state index in [-0.39, 0.29) is 5.82 Å². The molecule has 0 bridgehead atoms. The topological polar surface area (TPSA) is 25.2 Å². The van der Waals surface area contributed by atoms with Crippen molar-refractivity contribution < 1.29 is 4.39 Å². The van der Waals surface area contributed by atoms with Crippen molar-refractivity contribution in [1.29, 1.82) is 0 Å². The smallest absolute Gasteiger partial charge is 0.124 e. The van der Waals surface area contributed by atoms with E-state index in [1.807, 2.05) is 24.3 Å². The largest absolute Gasteiger partial charge is 0.256 e. The van der Waals surface area contributed by atoms with Crippen LogP contribution in [0.15, 0.2) is 71.7 Å². The minimum absolute atomic E-state index is 0.243. The molecule has 3 aromatic carbocycles. The summed E-state index contributed by atoms with van der Waals surface area (Å²) in [4.78, 5) is 9.13. The second-order valence-electron chi connectivity index (χ2n) is 5.85. The Morgan fingerprint density at radius 3 is 2.48 bits per heavy atom. The zero-order valence-electron chi connectivity index (χ0n) is 13.6. The van der Waals surface area contributed by atoms with Gasteiger partial charge >= 0.3 is 0 Å². The summed E-state index contributed by atoms with van der Waals surface area (Å²) in [5, 5.41) is 1.01. The fraction of sp³-hybridized carbons (Fsp3) is 0.0476. The van der Waals surface area contributed by atoms with Crippen LogP contribution in [0.1, 0.15) is 11.1 Å². The molecular formula is C21H15FN2S. The Morgan fingerprint density at radius 2 is 1.72 bits per heavy atom. The lowest BCUT2D eigenvalue weighted by molar-refractivity contribution is 0.628. The highest BCUT2D eigenvalue weighted by atomic mass is 32.1. The maximum Gasteiger partial charge on any atom is 0.124 e. The highest BCUT2D eigenvalue weighted by Gasteiger charge is 2.06. The lowest BCUT2D eigenvalue weighted by Gasteiger charge is -1.98. The highest BCUT2D eigenvalue weighted by molar-refractivity contribution is 7.21. The predicted molar refractivity (Wildman–Crippen MR) is 103 cm³/mol. The third-order valence-electron chi connectivity index (χ3n) is 3.89. The second kappa shape index (κ2) is 6.57. The molecule has 1 aromatic heterocycles. The van der Waals surface area contributed by atoms with E-state index in [0.717, 1.165) is 27.3 Å². The zero-order chi connectivity index (χ0) is 17.2. The Morgan fingerprint density at radius 1 is 0.960 bits per heavy atom. The molecule has 0 saturated carbocycles. The number of fused-ring (bicyclic) bond motifs is 1. The van der Waals surface area contributed by atoms with Crippen molar-refractivity contribution in [3.8, 4) is 10.6 Å². The van der Waals surface area contributed by atoms with Crippen LogP contribution in [0.5, 0.6) is 0 Å². The molecular weight excluding hydrogens is 331 g/mol. The predicted octanol–water partition coefficient (Wildman–Crippen LogP) is 6.16. The summed E-state index contributed by atoms with van der Waals surface area (Å²) in [7, 11) is 0. The number of benzene rings is 3. The van der Waals surface area contributed by atoms with Gasteiger partial charge in [-0.1, -0.05) is 18.2 Å². The summed E-state index contributed by atoms with van der Waals surface area (Å²) in [6.07, 6.45) is 1.73. The molecule has 0 aliphatic heterocycles. The molecule has 0 fully saturated rings. The van der Waals surface area contributed by atoms with Gasteiger partial charge in [0.05, 0.1) is 15.9 Å². The number of aryl methyl sites for hydroxylation is 1. The van der Waals surface area contributed by atoms with Gasteiger partial charge in [0, 0.05) is 11.8 Å². The number of hydrogen-bond acceptors (Lipinski definition) is 3. The normalized spacial score (nSPS) is 11.4. The number of halogens is 1. The van der Waals surface area contributed by atoms with Gasteiger partial charge < -0.3 is 0 Å². The van der Waals surface area contributed by atoms with E-state index in [4.69, 9.17) is 4.98 Å². The van der Waals surface area contributed by atoms with Gasteiger partial charge in [0.25, 0.3) is 0 Å².